The summed E-state index contributed by atoms with van der Waals surface area (Å²) in [6, 6.07) is 7.79. The Labute approximate surface area is 101 Å². The summed E-state index contributed by atoms with van der Waals surface area (Å²) < 4.78 is 0. The quantitative estimate of drug-likeness (QED) is 0.675. The fourth-order valence-corrected chi connectivity index (χ4v) is 1.81. The van der Waals surface area contributed by atoms with Gasteiger partial charge < -0.3 is 15.5 Å². The third-order valence-electron chi connectivity index (χ3n) is 2.54. The number of rotatable bonds is 7. The van der Waals surface area contributed by atoms with Crippen molar-refractivity contribution in [1.29, 1.82) is 0 Å². The van der Waals surface area contributed by atoms with Crippen LogP contribution in [-0.4, -0.2) is 29.3 Å². The molecule has 1 atom stereocenters. The molecule has 0 aliphatic heterocycles. The van der Waals surface area contributed by atoms with Gasteiger partial charge in [-0.2, -0.15) is 0 Å². The largest absolute Gasteiger partial charge is 0.481 e. The number of benzene rings is 1. The predicted molar refractivity (Wildman–Crippen MR) is 67.1 cm³/mol. The zero-order chi connectivity index (χ0) is 12.7. The molecule has 0 heterocycles. The molecule has 0 fully saturated rings. The Balaban J connectivity index is 2.65. The second-order valence-corrected chi connectivity index (χ2v) is 4.21. The summed E-state index contributed by atoms with van der Waals surface area (Å²) in [7, 11) is 0. The van der Waals surface area contributed by atoms with E-state index in [2.05, 4.69) is 5.32 Å². The second kappa shape index (κ2) is 6.91. The van der Waals surface area contributed by atoms with Crippen LogP contribution in [0.3, 0.4) is 0 Å². The van der Waals surface area contributed by atoms with E-state index in [-0.39, 0.29) is 18.9 Å². The molecule has 0 aromatic heterocycles. The minimum absolute atomic E-state index is 0.0824. The van der Waals surface area contributed by atoms with Crippen LogP contribution in [0.4, 0.5) is 5.69 Å². The van der Waals surface area contributed by atoms with E-state index in [1.54, 1.807) is 0 Å². The van der Waals surface area contributed by atoms with Crippen molar-refractivity contribution in [3.63, 3.8) is 0 Å². The van der Waals surface area contributed by atoms with Crippen LogP contribution in [0.1, 0.15) is 18.9 Å². The molecule has 0 radical (unpaired) electrons. The van der Waals surface area contributed by atoms with Crippen molar-refractivity contribution in [1.82, 2.24) is 0 Å². The lowest BCUT2D eigenvalue weighted by molar-refractivity contribution is -0.137. The number of aliphatic carboxylic acids is 1. The molecule has 0 aliphatic carbocycles. The second-order valence-electron chi connectivity index (χ2n) is 4.21. The summed E-state index contributed by atoms with van der Waals surface area (Å²) in [6.07, 6.45) is 0.898. The highest BCUT2D eigenvalue weighted by Gasteiger charge is 2.10. The summed E-state index contributed by atoms with van der Waals surface area (Å²) in [6.45, 7) is 2.51. The summed E-state index contributed by atoms with van der Waals surface area (Å²) >= 11 is 0. The Hall–Kier alpha value is -1.55. The van der Waals surface area contributed by atoms with E-state index in [9.17, 15) is 4.79 Å². The van der Waals surface area contributed by atoms with Gasteiger partial charge in [0.1, 0.15) is 0 Å². The highest BCUT2D eigenvalue weighted by atomic mass is 16.4. The van der Waals surface area contributed by atoms with E-state index in [0.717, 1.165) is 17.7 Å². The number of anilines is 1. The van der Waals surface area contributed by atoms with Gasteiger partial charge in [-0.15, -0.1) is 0 Å². The van der Waals surface area contributed by atoms with E-state index >= 15 is 0 Å². The summed E-state index contributed by atoms with van der Waals surface area (Å²) in [4.78, 5) is 10.6. The van der Waals surface area contributed by atoms with Crippen molar-refractivity contribution < 1.29 is 15.0 Å². The minimum Gasteiger partial charge on any atom is -0.481 e. The van der Waals surface area contributed by atoms with Gasteiger partial charge in [-0.25, -0.2) is 0 Å². The molecule has 0 bridgehead atoms. The van der Waals surface area contributed by atoms with Crippen LogP contribution in [0, 0.1) is 5.92 Å². The van der Waals surface area contributed by atoms with E-state index in [1.807, 2.05) is 31.2 Å². The van der Waals surface area contributed by atoms with Crippen LogP contribution < -0.4 is 5.32 Å². The zero-order valence-corrected chi connectivity index (χ0v) is 10.0. The smallest absolute Gasteiger partial charge is 0.303 e. The molecule has 0 amide bonds. The average molecular weight is 237 g/mol. The number of carboxylic acids is 1. The van der Waals surface area contributed by atoms with Crippen molar-refractivity contribution in [2.45, 2.75) is 19.8 Å². The fraction of sp³-hybridized carbons (Fsp3) is 0.462. The van der Waals surface area contributed by atoms with Crippen molar-refractivity contribution in [3.05, 3.63) is 29.8 Å². The Kier molecular flexibility index (Phi) is 5.49. The monoisotopic (exact) mass is 237 g/mol. The maximum atomic E-state index is 10.6. The van der Waals surface area contributed by atoms with E-state index in [1.165, 1.54) is 0 Å². The van der Waals surface area contributed by atoms with Gasteiger partial charge in [0.25, 0.3) is 0 Å². The first-order chi connectivity index (χ1) is 8.13. The normalized spacial score (nSPS) is 12.1. The van der Waals surface area contributed by atoms with Gasteiger partial charge in [0.05, 0.1) is 6.61 Å². The number of carboxylic acid groups (broad SMARTS) is 1. The van der Waals surface area contributed by atoms with Gasteiger partial charge in [-0.3, -0.25) is 4.79 Å². The maximum Gasteiger partial charge on any atom is 0.303 e. The van der Waals surface area contributed by atoms with Gasteiger partial charge in [-0.05, 0) is 24.0 Å². The molecule has 1 rings (SSSR count). The van der Waals surface area contributed by atoms with Gasteiger partial charge in [0.15, 0.2) is 0 Å². The Morgan fingerprint density at radius 1 is 1.41 bits per heavy atom. The highest BCUT2D eigenvalue weighted by Crippen LogP contribution is 2.20. The lowest BCUT2D eigenvalue weighted by Crippen LogP contribution is -2.11. The molecule has 0 saturated carbocycles. The summed E-state index contributed by atoms with van der Waals surface area (Å²) in [5.41, 5.74) is 2.06. The SMILES string of the molecule is CC(CC(=O)O)Cc1ccccc1NCCO. The number of nitrogens with one attached hydrogen (secondary N) is 1. The summed E-state index contributed by atoms with van der Waals surface area (Å²) in [5, 5.41) is 20.6. The lowest BCUT2D eigenvalue weighted by atomic mass is 9.97. The highest BCUT2D eigenvalue weighted by molar-refractivity contribution is 5.67. The first-order valence-electron chi connectivity index (χ1n) is 5.78. The number of aliphatic hydroxyl groups is 1. The number of carbonyl (C=O) groups is 1. The molecular formula is C13H19NO3. The predicted octanol–water partition coefficient (Wildman–Crippen LogP) is 1.74. The molecular weight excluding hydrogens is 218 g/mol. The number of aliphatic hydroxyl groups excluding tert-OH is 1. The molecule has 3 N–H and O–H groups in total. The standard InChI is InChI=1S/C13H19NO3/c1-10(9-13(16)17)8-11-4-2-3-5-12(11)14-6-7-15/h2-5,10,14-15H,6-9H2,1H3,(H,16,17). The first kappa shape index (κ1) is 13.5. The van der Waals surface area contributed by atoms with Crippen LogP contribution >= 0.6 is 0 Å². The first-order valence-corrected chi connectivity index (χ1v) is 5.78. The summed E-state index contributed by atoms with van der Waals surface area (Å²) in [5.74, 6) is -0.664. The van der Waals surface area contributed by atoms with Gasteiger partial charge >= 0.3 is 5.97 Å². The molecule has 0 aliphatic rings. The third kappa shape index (κ3) is 4.87. The van der Waals surface area contributed by atoms with E-state index in [0.29, 0.717) is 6.54 Å². The lowest BCUT2D eigenvalue weighted by Gasteiger charge is -2.14. The number of para-hydroxylation sites is 1. The van der Waals surface area contributed by atoms with Crippen LogP contribution in [0.25, 0.3) is 0 Å². The minimum atomic E-state index is -0.765. The number of hydrogen-bond acceptors (Lipinski definition) is 3. The van der Waals surface area contributed by atoms with Crippen molar-refractivity contribution in [2.24, 2.45) is 5.92 Å². The van der Waals surface area contributed by atoms with Gasteiger partial charge in [0, 0.05) is 18.7 Å². The van der Waals surface area contributed by atoms with Crippen LogP contribution in [-0.2, 0) is 11.2 Å². The zero-order valence-electron chi connectivity index (χ0n) is 10.0. The van der Waals surface area contributed by atoms with E-state index < -0.39 is 5.97 Å². The van der Waals surface area contributed by atoms with Crippen LogP contribution in [0.5, 0.6) is 0 Å². The average Bonchev–Trinajstić information content (AvgIpc) is 2.26. The van der Waals surface area contributed by atoms with Crippen molar-refractivity contribution >= 4 is 11.7 Å². The topological polar surface area (TPSA) is 69.6 Å². The van der Waals surface area contributed by atoms with Crippen molar-refractivity contribution in [2.75, 3.05) is 18.5 Å². The van der Waals surface area contributed by atoms with Gasteiger partial charge in [0.2, 0.25) is 0 Å². The molecule has 17 heavy (non-hydrogen) atoms. The van der Waals surface area contributed by atoms with Crippen molar-refractivity contribution in [3.8, 4) is 0 Å². The Morgan fingerprint density at radius 2 is 2.12 bits per heavy atom. The van der Waals surface area contributed by atoms with Crippen LogP contribution in [0.15, 0.2) is 24.3 Å². The molecule has 0 saturated heterocycles. The van der Waals surface area contributed by atoms with E-state index in [4.69, 9.17) is 10.2 Å². The molecule has 4 nitrogen and oxygen atoms in total. The molecule has 1 aromatic rings. The van der Waals surface area contributed by atoms with Crippen LogP contribution in [0.2, 0.25) is 0 Å². The Bertz CT molecular complexity index is 365. The fourth-order valence-electron chi connectivity index (χ4n) is 1.81. The molecule has 1 aromatic carbocycles. The molecule has 1 unspecified atom stereocenters. The number of hydrogen-bond donors (Lipinski definition) is 3. The maximum absolute atomic E-state index is 10.6. The Morgan fingerprint density at radius 3 is 2.76 bits per heavy atom. The molecule has 4 heteroatoms. The third-order valence-corrected chi connectivity index (χ3v) is 2.54. The van der Waals surface area contributed by atoms with Gasteiger partial charge in [-0.1, -0.05) is 25.1 Å². The molecule has 0 spiro atoms. The molecule has 94 valence electrons.